The van der Waals surface area contributed by atoms with Gasteiger partial charge in [-0.3, -0.25) is 19.3 Å². The van der Waals surface area contributed by atoms with Crippen molar-refractivity contribution in [2.24, 2.45) is 5.92 Å². The van der Waals surface area contributed by atoms with Crippen LogP contribution in [0.4, 0.5) is 5.69 Å². The number of carbonyl (C=O) groups excluding carboxylic acids is 3. The first-order chi connectivity index (χ1) is 17.9. The highest BCUT2D eigenvalue weighted by Gasteiger charge is 2.28. The Kier molecular flexibility index (Phi) is 8.28. The molecule has 0 atom stereocenters. The van der Waals surface area contributed by atoms with Gasteiger partial charge in [-0.1, -0.05) is 39.0 Å². The zero-order chi connectivity index (χ0) is 26.4. The van der Waals surface area contributed by atoms with E-state index in [1.807, 2.05) is 31.2 Å². The summed E-state index contributed by atoms with van der Waals surface area (Å²) in [6.45, 7) is 6.62. The Morgan fingerprint density at radius 3 is 2.70 bits per heavy atom. The molecule has 0 fully saturated rings. The number of ether oxygens (including phenoxy) is 2. The van der Waals surface area contributed by atoms with Gasteiger partial charge >= 0.3 is 0 Å². The van der Waals surface area contributed by atoms with Gasteiger partial charge in [0, 0.05) is 12.1 Å². The monoisotopic (exact) mass is 504 g/mol. The van der Waals surface area contributed by atoms with Crippen LogP contribution >= 0.6 is 0 Å². The maximum absolute atomic E-state index is 12.9. The number of amides is 2. The summed E-state index contributed by atoms with van der Waals surface area (Å²) in [6, 6.07) is 15.9. The van der Waals surface area contributed by atoms with Crippen molar-refractivity contribution in [2.45, 2.75) is 40.2 Å². The van der Waals surface area contributed by atoms with Crippen molar-refractivity contribution in [3.05, 3.63) is 77.2 Å². The quantitative estimate of drug-likeness (QED) is 0.377. The van der Waals surface area contributed by atoms with Crippen molar-refractivity contribution < 1.29 is 28.3 Å². The van der Waals surface area contributed by atoms with E-state index in [0.29, 0.717) is 41.0 Å². The van der Waals surface area contributed by atoms with Gasteiger partial charge in [0.2, 0.25) is 0 Å². The molecular formula is C29H32N2O6. The van der Waals surface area contributed by atoms with Gasteiger partial charge < -0.3 is 19.2 Å². The minimum atomic E-state index is -0.293. The molecule has 0 saturated heterocycles. The summed E-state index contributed by atoms with van der Waals surface area (Å²) in [4.78, 5) is 39.5. The first-order valence-electron chi connectivity index (χ1n) is 12.5. The SMILES string of the molecule is CCc1ccccc1OCC(=O)c1ccc2c(c1)N(Cc1ccc(C(=O)NCCC(C)C)o1)C(=O)CO2. The largest absolute Gasteiger partial charge is 0.485 e. The molecule has 2 amide bonds. The fraction of sp³-hybridized carbons (Fsp3) is 0.345. The normalized spacial score (nSPS) is 12.8. The smallest absolute Gasteiger partial charge is 0.286 e. The standard InChI is InChI=1S/C29H32N2O6/c1-4-20-7-5-6-8-25(20)35-17-24(32)21-9-11-26-23(15-21)31(28(33)18-36-26)16-22-10-12-27(37-22)29(34)30-14-13-19(2)3/h5-12,15,19H,4,13-14,16-18H2,1-3H3,(H,30,34). The lowest BCUT2D eigenvalue weighted by atomic mass is 10.1. The summed E-state index contributed by atoms with van der Waals surface area (Å²) in [5.74, 6) is 1.51. The van der Waals surface area contributed by atoms with Crippen LogP contribution in [0.2, 0.25) is 0 Å². The number of Topliss-reactive ketones (excluding diaryl/α,β-unsaturated/α-hetero) is 1. The summed E-state index contributed by atoms with van der Waals surface area (Å²) in [5.41, 5.74) is 1.90. The van der Waals surface area contributed by atoms with Crippen LogP contribution in [0.5, 0.6) is 11.5 Å². The Bertz CT molecular complexity index is 1280. The summed E-state index contributed by atoms with van der Waals surface area (Å²) in [6.07, 6.45) is 1.67. The molecule has 1 aromatic heterocycles. The van der Waals surface area contributed by atoms with Crippen molar-refractivity contribution in [1.82, 2.24) is 5.32 Å². The number of benzene rings is 2. The van der Waals surface area contributed by atoms with E-state index in [0.717, 1.165) is 18.4 Å². The average molecular weight is 505 g/mol. The van der Waals surface area contributed by atoms with E-state index in [1.54, 1.807) is 30.3 Å². The predicted octanol–water partition coefficient (Wildman–Crippen LogP) is 4.81. The molecule has 8 nitrogen and oxygen atoms in total. The highest BCUT2D eigenvalue weighted by Crippen LogP contribution is 2.34. The molecule has 0 saturated carbocycles. The predicted molar refractivity (Wildman–Crippen MR) is 139 cm³/mol. The number of fused-ring (bicyclic) bond motifs is 1. The second kappa shape index (κ2) is 11.8. The lowest BCUT2D eigenvalue weighted by Gasteiger charge is -2.29. The fourth-order valence-electron chi connectivity index (χ4n) is 4.01. The summed E-state index contributed by atoms with van der Waals surface area (Å²) >= 11 is 0. The highest BCUT2D eigenvalue weighted by atomic mass is 16.5. The van der Waals surface area contributed by atoms with Gasteiger partial charge in [0.25, 0.3) is 11.8 Å². The number of nitrogens with one attached hydrogen (secondary N) is 1. The van der Waals surface area contributed by atoms with Crippen molar-refractivity contribution in [2.75, 3.05) is 24.7 Å². The number of carbonyl (C=O) groups is 3. The van der Waals surface area contributed by atoms with Gasteiger partial charge in [-0.05, 0) is 60.7 Å². The topological polar surface area (TPSA) is 98.1 Å². The van der Waals surface area contributed by atoms with Gasteiger partial charge in [0.05, 0.1) is 12.2 Å². The Hall–Kier alpha value is -4.07. The third kappa shape index (κ3) is 6.39. The number of furan rings is 1. The van der Waals surface area contributed by atoms with E-state index < -0.39 is 0 Å². The lowest BCUT2D eigenvalue weighted by molar-refractivity contribution is -0.121. The number of hydrogen-bond donors (Lipinski definition) is 1. The second-order valence-electron chi connectivity index (χ2n) is 9.33. The number of anilines is 1. The van der Waals surface area contributed by atoms with Crippen molar-refractivity contribution >= 4 is 23.3 Å². The van der Waals surface area contributed by atoms with Crippen molar-refractivity contribution in [3.8, 4) is 11.5 Å². The molecule has 37 heavy (non-hydrogen) atoms. The molecule has 1 aliphatic rings. The van der Waals surface area contributed by atoms with Crippen LogP contribution in [0.15, 0.2) is 59.0 Å². The van der Waals surface area contributed by atoms with E-state index in [9.17, 15) is 14.4 Å². The minimum Gasteiger partial charge on any atom is -0.485 e. The van der Waals surface area contributed by atoms with E-state index in [-0.39, 0.29) is 43.1 Å². The molecule has 0 unspecified atom stereocenters. The molecule has 2 aromatic carbocycles. The Labute approximate surface area is 216 Å². The summed E-state index contributed by atoms with van der Waals surface area (Å²) < 4.78 is 17.1. The van der Waals surface area contributed by atoms with Crippen LogP contribution < -0.4 is 19.7 Å². The third-order valence-electron chi connectivity index (χ3n) is 6.14. The van der Waals surface area contributed by atoms with Crippen LogP contribution in [0.1, 0.15) is 59.4 Å². The number of hydrogen-bond acceptors (Lipinski definition) is 6. The maximum Gasteiger partial charge on any atom is 0.286 e. The van der Waals surface area contributed by atoms with Crippen LogP contribution in [-0.2, 0) is 17.8 Å². The Morgan fingerprint density at radius 1 is 1.11 bits per heavy atom. The fourth-order valence-corrected chi connectivity index (χ4v) is 4.01. The molecule has 0 radical (unpaired) electrons. The molecule has 8 heteroatoms. The molecule has 2 heterocycles. The number of ketones is 1. The average Bonchev–Trinajstić information content (AvgIpc) is 3.37. The first kappa shape index (κ1) is 26.0. The van der Waals surface area contributed by atoms with Crippen LogP contribution in [0.3, 0.4) is 0 Å². The molecule has 0 bridgehead atoms. The summed E-state index contributed by atoms with van der Waals surface area (Å²) in [7, 11) is 0. The van der Waals surface area contributed by atoms with E-state index in [1.165, 1.54) is 4.90 Å². The summed E-state index contributed by atoms with van der Waals surface area (Å²) in [5, 5.41) is 2.84. The zero-order valence-corrected chi connectivity index (χ0v) is 21.4. The maximum atomic E-state index is 12.9. The number of nitrogens with zero attached hydrogens (tertiary/aromatic N) is 1. The van der Waals surface area contributed by atoms with Crippen LogP contribution in [0.25, 0.3) is 0 Å². The van der Waals surface area contributed by atoms with Gasteiger partial charge in [-0.25, -0.2) is 0 Å². The third-order valence-corrected chi connectivity index (χ3v) is 6.14. The van der Waals surface area contributed by atoms with Gasteiger partial charge in [0.15, 0.2) is 24.8 Å². The van der Waals surface area contributed by atoms with E-state index in [4.69, 9.17) is 13.9 Å². The molecule has 0 spiro atoms. The Balaban J connectivity index is 1.46. The number of para-hydroxylation sites is 1. The highest BCUT2D eigenvalue weighted by molar-refractivity contribution is 6.02. The second-order valence-corrected chi connectivity index (χ2v) is 9.33. The van der Waals surface area contributed by atoms with E-state index >= 15 is 0 Å². The van der Waals surface area contributed by atoms with Crippen LogP contribution in [-0.4, -0.2) is 37.4 Å². The molecular weight excluding hydrogens is 472 g/mol. The zero-order valence-electron chi connectivity index (χ0n) is 21.4. The molecule has 4 rings (SSSR count). The molecule has 0 aliphatic carbocycles. The molecule has 194 valence electrons. The Morgan fingerprint density at radius 2 is 1.92 bits per heavy atom. The van der Waals surface area contributed by atoms with E-state index in [2.05, 4.69) is 19.2 Å². The lowest BCUT2D eigenvalue weighted by Crippen LogP contribution is -2.38. The van der Waals surface area contributed by atoms with Crippen molar-refractivity contribution in [3.63, 3.8) is 0 Å². The molecule has 3 aromatic rings. The van der Waals surface area contributed by atoms with Gasteiger partial charge in [-0.15, -0.1) is 0 Å². The van der Waals surface area contributed by atoms with Gasteiger partial charge in [-0.2, -0.15) is 0 Å². The minimum absolute atomic E-state index is 0.104. The molecule has 1 N–H and O–H groups in total. The van der Waals surface area contributed by atoms with Crippen molar-refractivity contribution in [1.29, 1.82) is 0 Å². The van der Waals surface area contributed by atoms with Crippen LogP contribution in [0, 0.1) is 5.92 Å². The first-order valence-corrected chi connectivity index (χ1v) is 12.5. The van der Waals surface area contributed by atoms with Gasteiger partial charge in [0.1, 0.15) is 17.3 Å². The number of aryl methyl sites for hydroxylation is 1. The number of rotatable bonds is 11. The molecule has 1 aliphatic heterocycles.